The number of carbonyl (C=O) groups is 1. The molecule has 0 heterocycles. The first-order valence-electron chi connectivity index (χ1n) is 7.63. The monoisotopic (exact) mass is 294 g/mol. The van der Waals surface area contributed by atoms with Gasteiger partial charge in [-0.1, -0.05) is 66.7 Å². The Morgan fingerprint density at radius 3 is 2.27 bits per heavy atom. The van der Waals surface area contributed by atoms with Gasteiger partial charge in [0.05, 0.1) is 5.60 Å². The van der Waals surface area contributed by atoms with Gasteiger partial charge in [-0.05, 0) is 37.8 Å². The van der Waals surface area contributed by atoms with Crippen LogP contribution < -0.4 is 0 Å². The van der Waals surface area contributed by atoms with Crippen molar-refractivity contribution in [2.75, 3.05) is 0 Å². The van der Waals surface area contributed by atoms with Crippen LogP contribution in [-0.2, 0) is 5.60 Å². The molecule has 2 aromatic rings. The summed E-state index contributed by atoms with van der Waals surface area (Å²) in [6.07, 6.45) is 5.78. The number of carbonyl (C=O) groups excluding carboxylic acids is 1. The van der Waals surface area contributed by atoms with Gasteiger partial charge < -0.3 is 5.11 Å². The van der Waals surface area contributed by atoms with Gasteiger partial charge in [0.15, 0.2) is 5.78 Å². The lowest BCUT2D eigenvalue weighted by Gasteiger charge is -2.23. The fraction of sp³-hybridized carbons (Fsp3) is 0.250. The number of rotatable bonds is 7. The maximum Gasteiger partial charge on any atom is 0.185 e. The van der Waals surface area contributed by atoms with Gasteiger partial charge in [0.1, 0.15) is 0 Å². The van der Waals surface area contributed by atoms with Crippen molar-refractivity contribution in [3.8, 4) is 0 Å². The molecule has 0 aliphatic heterocycles. The first kappa shape index (κ1) is 16.2. The van der Waals surface area contributed by atoms with E-state index in [1.807, 2.05) is 73.7 Å². The second-order valence-electron chi connectivity index (χ2n) is 5.66. The predicted octanol–water partition coefficient (Wildman–Crippen LogP) is 4.50. The molecule has 0 radical (unpaired) electrons. The molecular weight excluding hydrogens is 272 g/mol. The van der Waals surface area contributed by atoms with Crippen LogP contribution in [0.25, 0.3) is 0 Å². The Hall–Kier alpha value is -2.19. The van der Waals surface area contributed by atoms with Gasteiger partial charge >= 0.3 is 0 Å². The summed E-state index contributed by atoms with van der Waals surface area (Å²) in [5, 5.41) is 10.5. The average molecular weight is 294 g/mol. The molecule has 0 bridgehead atoms. The zero-order valence-electron chi connectivity index (χ0n) is 12.9. The van der Waals surface area contributed by atoms with Crippen LogP contribution in [-0.4, -0.2) is 10.9 Å². The second kappa shape index (κ2) is 7.71. The largest absolute Gasteiger partial charge is 0.385 e. The Labute approximate surface area is 132 Å². The molecule has 0 amide bonds. The quantitative estimate of drug-likeness (QED) is 0.463. The lowest BCUT2D eigenvalue weighted by molar-refractivity contribution is 0.0458. The number of hydrogen-bond acceptors (Lipinski definition) is 2. The predicted molar refractivity (Wildman–Crippen MR) is 89.8 cm³/mol. The van der Waals surface area contributed by atoms with Crippen LogP contribution in [0.1, 0.15) is 42.1 Å². The van der Waals surface area contributed by atoms with Gasteiger partial charge in [-0.3, -0.25) is 4.79 Å². The summed E-state index contributed by atoms with van der Waals surface area (Å²) in [6, 6.07) is 18.9. The van der Waals surface area contributed by atoms with Crippen molar-refractivity contribution in [1.29, 1.82) is 0 Å². The highest BCUT2D eigenvalue weighted by Gasteiger charge is 2.21. The number of hydrogen-bond donors (Lipinski definition) is 1. The molecule has 2 aromatic carbocycles. The molecule has 1 N–H and O–H groups in total. The van der Waals surface area contributed by atoms with E-state index in [1.54, 1.807) is 6.08 Å². The van der Waals surface area contributed by atoms with Crippen molar-refractivity contribution in [3.63, 3.8) is 0 Å². The molecule has 2 rings (SSSR count). The molecule has 0 aromatic heterocycles. The fourth-order valence-corrected chi connectivity index (χ4v) is 2.39. The van der Waals surface area contributed by atoms with Crippen LogP contribution in [0.2, 0.25) is 0 Å². The maximum atomic E-state index is 11.9. The van der Waals surface area contributed by atoms with E-state index in [1.165, 1.54) is 0 Å². The smallest absolute Gasteiger partial charge is 0.185 e. The highest BCUT2D eigenvalue weighted by atomic mass is 16.3. The van der Waals surface area contributed by atoms with Crippen LogP contribution in [0.4, 0.5) is 0 Å². The molecule has 0 spiro atoms. The summed E-state index contributed by atoms with van der Waals surface area (Å²) in [5.41, 5.74) is 0.813. The van der Waals surface area contributed by atoms with Crippen molar-refractivity contribution in [1.82, 2.24) is 0 Å². The first-order chi connectivity index (χ1) is 10.6. The summed E-state index contributed by atoms with van der Waals surface area (Å²) < 4.78 is 0. The van der Waals surface area contributed by atoms with Crippen molar-refractivity contribution >= 4 is 5.78 Å². The lowest BCUT2D eigenvalue weighted by Crippen LogP contribution is -2.20. The van der Waals surface area contributed by atoms with Gasteiger partial charge in [-0.15, -0.1) is 0 Å². The van der Waals surface area contributed by atoms with E-state index in [0.29, 0.717) is 12.0 Å². The van der Waals surface area contributed by atoms with E-state index >= 15 is 0 Å². The molecular formula is C20H22O2. The summed E-state index contributed by atoms with van der Waals surface area (Å²) in [4.78, 5) is 11.9. The van der Waals surface area contributed by atoms with Crippen LogP contribution in [0.5, 0.6) is 0 Å². The lowest BCUT2D eigenvalue weighted by atomic mass is 9.90. The van der Waals surface area contributed by atoms with Gasteiger partial charge in [0.2, 0.25) is 0 Å². The number of benzene rings is 2. The molecule has 1 atom stereocenters. The zero-order chi connectivity index (χ0) is 15.8. The molecule has 22 heavy (non-hydrogen) atoms. The molecule has 0 aliphatic rings. The summed E-state index contributed by atoms with van der Waals surface area (Å²) in [6.45, 7) is 1.83. The van der Waals surface area contributed by atoms with Crippen molar-refractivity contribution in [2.24, 2.45) is 0 Å². The third-order valence-electron chi connectivity index (χ3n) is 3.76. The number of unbranched alkanes of at least 4 members (excludes halogenated alkanes) is 1. The minimum absolute atomic E-state index is 0.0235. The van der Waals surface area contributed by atoms with Crippen molar-refractivity contribution < 1.29 is 9.90 Å². The normalized spacial score (nSPS) is 13.9. The van der Waals surface area contributed by atoms with Gasteiger partial charge in [0, 0.05) is 5.56 Å². The van der Waals surface area contributed by atoms with E-state index < -0.39 is 5.60 Å². The molecule has 0 saturated carbocycles. The van der Waals surface area contributed by atoms with E-state index in [2.05, 4.69) is 0 Å². The molecule has 114 valence electrons. The SMILES string of the molecule is C[C@@](O)(CCC/C=C/C(=O)c1ccccc1)c1ccccc1. The van der Waals surface area contributed by atoms with E-state index in [9.17, 15) is 9.90 Å². The molecule has 2 heteroatoms. The van der Waals surface area contributed by atoms with Gasteiger partial charge in [-0.2, -0.15) is 0 Å². The highest BCUT2D eigenvalue weighted by molar-refractivity contribution is 6.04. The number of allylic oxidation sites excluding steroid dienone is 2. The van der Waals surface area contributed by atoms with Crippen LogP contribution in [0, 0.1) is 0 Å². The molecule has 0 unspecified atom stereocenters. The van der Waals surface area contributed by atoms with Gasteiger partial charge in [0.25, 0.3) is 0 Å². The number of aliphatic hydroxyl groups is 1. The topological polar surface area (TPSA) is 37.3 Å². The van der Waals surface area contributed by atoms with Crippen LogP contribution in [0.15, 0.2) is 72.8 Å². The van der Waals surface area contributed by atoms with Crippen molar-refractivity contribution in [3.05, 3.63) is 83.9 Å². The third kappa shape index (κ3) is 4.68. The Balaban J connectivity index is 1.80. The first-order valence-corrected chi connectivity index (χ1v) is 7.63. The fourth-order valence-electron chi connectivity index (χ4n) is 2.39. The summed E-state index contributed by atoms with van der Waals surface area (Å²) in [7, 11) is 0. The summed E-state index contributed by atoms with van der Waals surface area (Å²) >= 11 is 0. The van der Waals surface area contributed by atoms with Crippen molar-refractivity contribution in [2.45, 2.75) is 31.8 Å². The second-order valence-corrected chi connectivity index (χ2v) is 5.66. The van der Waals surface area contributed by atoms with E-state index in [-0.39, 0.29) is 5.78 Å². The van der Waals surface area contributed by atoms with E-state index in [0.717, 1.165) is 18.4 Å². The third-order valence-corrected chi connectivity index (χ3v) is 3.76. The minimum Gasteiger partial charge on any atom is -0.385 e. The van der Waals surface area contributed by atoms with Gasteiger partial charge in [-0.25, -0.2) is 0 Å². The standard InChI is InChI=1S/C20H22O2/c1-20(22,18-13-7-3-8-14-18)16-10-4-9-15-19(21)17-11-5-2-6-12-17/h2-3,5-9,11-15,22H,4,10,16H2,1H3/b15-9+/t20-/m1/s1. The van der Waals surface area contributed by atoms with Crippen LogP contribution >= 0.6 is 0 Å². The summed E-state index contributed by atoms with van der Waals surface area (Å²) in [5.74, 6) is 0.0235. The Bertz CT molecular complexity index is 613. The Morgan fingerprint density at radius 2 is 1.64 bits per heavy atom. The zero-order valence-corrected chi connectivity index (χ0v) is 12.9. The molecule has 0 fully saturated rings. The number of ketones is 1. The molecule has 2 nitrogen and oxygen atoms in total. The Kier molecular flexibility index (Phi) is 5.68. The Morgan fingerprint density at radius 1 is 1.05 bits per heavy atom. The minimum atomic E-state index is -0.821. The average Bonchev–Trinajstić information content (AvgIpc) is 2.56. The van der Waals surface area contributed by atoms with E-state index in [4.69, 9.17) is 0 Å². The maximum absolute atomic E-state index is 11.9. The van der Waals surface area contributed by atoms with Crippen LogP contribution in [0.3, 0.4) is 0 Å². The highest BCUT2D eigenvalue weighted by Crippen LogP contribution is 2.26. The molecule has 0 saturated heterocycles. The molecule has 0 aliphatic carbocycles.